The third-order valence-corrected chi connectivity index (χ3v) is 4.36. The average Bonchev–Trinajstić information content (AvgIpc) is 2.42. The summed E-state index contributed by atoms with van der Waals surface area (Å²) in [6.07, 6.45) is 8.11. The van der Waals surface area contributed by atoms with Crippen LogP contribution in [0.15, 0.2) is 0 Å². The molecule has 0 radical (unpaired) electrons. The Balaban J connectivity index is 2.25. The van der Waals surface area contributed by atoms with E-state index in [1.807, 2.05) is 0 Å². The summed E-state index contributed by atoms with van der Waals surface area (Å²) in [4.78, 5) is 0. The molecule has 1 saturated carbocycles. The van der Waals surface area contributed by atoms with Gasteiger partial charge in [0.2, 0.25) is 0 Å². The smallest absolute Gasteiger partial charge is 0.0711 e. The lowest BCUT2D eigenvalue weighted by Gasteiger charge is -2.45. The number of fused-ring (bicyclic) bond motifs is 1. The van der Waals surface area contributed by atoms with Crippen LogP contribution in [-0.2, 0) is 4.74 Å². The van der Waals surface area contributed by atoms with Crippen LogP contribution in [0.5, 0.6) is 0 Å². The van der Waals surface area contributed by atoms with Crippen molar-refractivity contribution in [1.29, 1.82) is 0 Å². The Morgan fingerprint density at radius 2 is 1.92 bits per heavy atom. The highest BCUT2D eigenvalue weighted by atomic mass is 16.5. The summed E-state index contributed by atoms with van der Waals surface area (Å²) in [5, 5.41) is 0. The van der Waals surface area contributed by atoms with Crippen molar-refractivity contribution in [2.24, 2.45) is 5.41 Å². The standard InChI is InChI=1S/C11H20O/c1-3-11-7-5-4-6-10(11,2)12-9-8-11/h3-9H2,1-2H3. The molecular formula is C11H20O. The summed E-state index contributed by atoms with van der Waals surface area (Å²) in [5.74, 6) is 0. The normalized spacial score (nSPS) is 47.5. The fraction of sp³-hybridized carbons (Fsp3) is 1.00. The van der Waals surface area contributed by atoms with E-state index in [2.05, 4.69) is 13.8 Å². The first kappa shape index (κ1) is 8.55. The van der Waals surface area contributed by atoms with Crippen molar-refractivity contribution in [1.82, 2.24) is 0 Å². The Hall–Kier alpha value is -0.0400. The zero-order chi connectivity index (χ0) is 8.66. The SMILES string of the molecule is CCC12CCCCC1(C)OCC2. The van der Waals surface area contributed by atoms with Gasteiger partial charge in [0.15, 0.2) is 0 Å². The number of hydrogen-bond acceptors (Lipinski definition) is 1. The molecule has 12 heavy (non-hydrogen) atoms. The Bertz CT molecular complexity index is 178. The lowest BCUT2D eigenvalue weighted by atomic mass is 9.62. The maximum atomic E-state index is 5.94. The Morgan fingerprint density at radius 1 is 1.17 bits per heavy atom. The molecule has 1 heterocycles. The molecule has 0 aromatic heterocycles. The fourth-order valence-electron chi connectivity index (χ4n) is 3.27. The lowest BCUT2D eigenvalue weighted by molar-refractivity contribution is -0.0778. The van der Waals surface area contributed by atoms with Crippen LogP contribution in [0, 0.1) is 5.41 Å². The predicted octanol–water partition coefficient (Wildman–Crippen LogP) is 3.14. The average molecular weight is 168 g/mol. The second-order valence-corrected chi connectivity index (χ2v) is 4.67. The predicted molar refractivity (Wildman–Crippen MR) is 50.2 cm³/mol. The third kappa shape index (κ3) is 0.953. The number of rotatable bonds is 1. The monoisotopic (exact) mass is 168 g/mol. The number of ether oxygens (including phenoxy) is 1. The summed E-state index contributed by atoms with van der Waals surface area (Å²) in [6, 6.07) is 0. The molecule has 2 fully saturated rings. The summed E-state index contributed by atoms with van der Waals surface area (Å²) in [5.41, 5.74) is 0.783. The van der Waals surface area contributed by atoms with Gasteiger partial charge in [0.1, 0.15) is 0 Å². The minimum Gasteiger partial charge on any atom is -0.375 e. The molecule has 2 unspecified atom stereocenters. The summed E-state index contributed by atoms with van der Waals surface area (Å²) in [6.45, 7) is 5.67. The van der Waals surface area contributed by atoms with Gasteiger partial charge in [-0.1, -0.05) is 19.8 Å². The molecule has 1 aliphatic carbocycles. The maximum absolute atomic E-state index is 5.94. The van der Waals surface area contributed by atoms with Crippen molar-refractivity contribution >= 4 is 0 Å². The minimum absolute atomic E-state index is 0.236. The molecule has 1 aliphatic heterocycles. The minimum atomic E-state index is 0.236. The second kappa shape index (κ2) is 2.73. The molecule has 0 aromatic carbocycles. The van der Waals surface area contributed by atoms with Crippen LogP contribution in [0.3, 0.4) is 0 Å². The van der Waals surface area contributed by atoms with Gasteiger partial charge in [-0.25, -0.2) is 0 Å². The van der Waals surface area contributed by atoms with Crippen LogP contribution >= 0.6 is 0 Å². The van der Waals surface area contributed by atoms with Crippen molar-refractivity contribution < 1.29 is 4.74 Å². The van der Waals surface area contributed by atoms with E-state index < -0.39 is 0 Å². The van der Waals surface area contributed by atoms with Crippen LogP contribution in [0.4, 0.5) is 0 Å². The molecular weight excluding hydrogens is 148 g/mol. The molecule has 2 aliphatic rings. The van der Waals surface area contributed by atoms with Crippen molar-refractivity contribution in [3.63, 3.8) is 0 Å². The highest BCUT2D eigenvalue weighted by Gasteiger charge is 2.52. The quantitative estimate of drug-likeness (QED) is 0.584. The van der Waals surface area contributed by atoms with E-state index in [0.717, 1.165) is 6.61 Å². The van der Waals surface area contributed by atoms with E-state index in [1.54, 1.807) is 0 Å². The molecule has 2 rings (SSSR count). The van der Waals surface area contributed by atoms with Crippen LogP contribution in [0.2, 0.25) is 0 Å². The molecule has 70 valence electrons. The molecule has 0 amide bonds. The molecule has 1 heteroatoms. The summed E-state index contributed by atoms with van der Waals surface area (Å²) in [7, 11) is 0. The van der Waals surface area contributed by atoms with Crippen molar-refractivity contribution in [2.45, 2.75) is 58.0 Å². The highest BCUT2D eigenvalue weighted by molar-refractivity contribution is 5.02. The molecule has 1 nitrogen and oxygen atoms in total. The molecule has 0 N–H and O–H groups in total. The van der Waals surface area contributed by atoms with E-state index in [4.69, 9.17) is 4.74 Å². The lowest BCUT2D eigenvalue weighted by Crippen LogP contribution is -2.44. The van der Waals surface area contributed by atoms with Gasteiger partial charge in [0.05, 0.1) is 5.60 Å². The zero-order valence-electron chi connectivity index (χ0n) is 8.36. The Kier molecular flexibility index (Phi) is 1.95. The zero-order valence-corrected chi connectivity index (χ0v) is 8.36. The first-order chi connectivity index (χ1) is 5.72. The van der Waals surface area contributed by atoms with Gasteiger partial charge in [-0.15, -0.1) is 0 Å². The van der Waals surface area contributed by atoms with E-state index in [1.165, 1.54) is 38.5 Å². The molecule has 1 saturated heterocycles. The van der Waals surface area contributed by atoms with Crippen LogP contribution in [0.25, 0.3) is 0 Å². The first-order valence-corrected chi connectivity index (χ1v) is 5.36. The molecule has 0 aromatic rings. The fourth-order valence-corrected chi connectivity index (χ4v) is 3.27. The highest BCUT2D eigenvalue weighted by Crippen LogP contribution is 2.54. The van der Waals surface area contributed by atoms with Gasteiger partial charge in [-0.05, 0) is 32.6 Å². The van der Waals surface area contributed by atoms with Crippen LogP contribution < -0.4 is 0 Å². The van der Waals surface area contributed by atoms with Gasteiger partial charge < -0.3 is 4.74 Å². The van der Waals surface area contributed by atoms with E-state index in [-0.39, 0.29) is 5.60 Å². The molecule has 0 bridgehead atoms. The van der Waals surface area contributed by atoms with Gasteiger partial charge in [-0.3, -0.25) is 0 Å². The van der Waals surface area contributed by atoms with Gasteiger partial charge in [0.25, 0.3) is 0 Å². The summed E-state index contributed by atoms with van der Waals surface area (Å²) < 4.78 is 5.94. The number of hydrogen-bond donors (Lipinski definition) is 0. The maximum Gasteiger partial charge on any atom is 0.0711 e. The van der Waals surface area contributed by atoms with Gasteiger partial charge in [0, 0.05) is 12.0 Å². The van der Waals surface area contributed by atoms with Crippen molar-refractivity contribution in [2.75, 3.05) is 6.61 Å². The van der Waals surface area contributed by atoms with Crippen molar-refractivity contribution in [3.05, 3.63) is 0 Å². The first-order valence-electron chi connectivity index (χ1n) is 5.36. The van der Waals surface area contributed by atoms with E-state index in [0.29, 0.717) is 5.41 Å². The van der Waals surface area contributed by atoms with Gasteiger partial charge >= 0.3 is 0 Å². The largest absolute Gasteiger partial charge is 0.375 e. The third-order valence-electron chi connectivity index (χ3n) is 4.36. The molecule has 2 atom stereocenters. The Labute approximate surface area is 75.5 Å². The Morgan fingerprint density at radius 3 is 2.58 bits per heavy atom. The van der Waals surface area contributed by atoms with Gasteiger partial charge in [-0.2, -0.15) is 0 Å². The van der Waals surface area contributed by atoms with Crippen LogP contribution in [-0.4, -0.2) is 12.2 Å². The van der Waals surface area contributed by atoms with Crippen LogP contribution in [0.1, 0.15) is 52.4 Å². The van der Waals surface area contributed by atoms with Crippen molar-refractivity contribution in [3.8, 4) is 0 Å². The van der Waals surface area contributed by atoms with E-state index >= 15 is 0 Å². The summed E-state index contributed by atoms with van der Waals surface area (Å²) >= 11 is 0. The van der Waals surface area contributed by atoms with E-state index in [9.17, 15) is 0 Å². The topological polar surface area (TPSA) is 9.23 Å². The second-order valence-electron chi connectivity index (χ2n) is 4.67. The molecule has 0 spiro atoms.